The molecule has 0 aromatic heterocycles. The maximum Gasteiger partial charge on any atom is 0.193 e. The highest BCUT2D eigenvalue weighted by Crippen LogP contribution is 2.27. The van der Waals surface area contributed by atoms with Gasteiger partial charge in [-0.3, -0.25) is 4.99 Å². The van der Waals surface area contributed by atoms with Crippen LogP contribution in [0, 0.1) is 5.92 Å². The van der Waals surface area contributed by atoms with Crippen molar-refractivity contribution in [2.45, 2.75) is 32.6 Å². The van der Waals surface area contributed by atoms with E-state index in [2.05, 4.69) is 59.3 Å². The summed E-state index contributed by atoms with van der Waals surface area (Å²) in [5.74, 6) is 2.48. The van der Waals surface area contributed by atoms with Crippen LogP contribution in [0.2, 0.25) is 0 Å². The average Bonchev–Trinajstić information content (AvgIpc) is 3.29. The van der Waals surface area contributed by atoms with Crippen LogP contribution in [0.4, 0.5) is 0 Å². The molecule has 0 saturated carbocycles. The van der Waals surface area contributed by atoms with Gasteiger partial charge in [-0.05, 0) is 44.3 Å². The Balaban J connectivity index is 0.00000225. The molecule has 25 heavy (non-hydrogen) atoms. The molecule has 3 rings (SSSR count). The van der Waals surface area contributed by atoms with E-state index in [9.17, 15) is 0 Å². The molecule has 1 N–H and O–H groups in total. The maximum absolute atomic E-state index is 4.98. The van der Waals surface area contributed by atoms with E-state index in [0.717, 1.165) is 38.1 Å². The Labute approximate surface area is 170 Å². The molecule has 140 valence electrons. The number of guanidine groups is 1. The van der Waals surface area contributed by atoms with Crippen LogP contribution in [0.1, 0.15) is 38.2 Å². The number of rotatable bonds is 5. The van der Waals surface area contributed by atoms with Gasteiger partial charge in [0, 0.05) is 38.6 Å². The fourth-order valence-corrected chi connectivity index (χ4v) is 3.94. The second-order valence-corrected chi connectivity index (χ2v) is 7.08. The van der Waals surface area contributed by atoms with Gasteiger partial charge in [-0.1, -0.05) is 37.3 Å². The topological polar surface area (TPSA) is 30.9 Å². The molecule has 2 heterocycles. The minimum Gasteiger partial charge on any atom is -0.357 e. The monoisotopic (exact) mass is 456 g/mol. The second-order valence-electron chi connectivity index (χ2n) is 7.08. The Morgan fingerprint density at radius 3 is 2.60 bits per heavy atom. The van der Waals surface area contributed by atoms with Crippen LogP contribution in [0.25, 0.3) is 0 Å². The third-order valence-corrected chi connectivity index (χ3v) is 5.41. The van der Waals surface area contributed by atoms with Gasteiger partial charge in [0.2, 0.25) is 0 Å². The first kappa shape index (κ1) is 20.5. The third-order valence-electron chi connectivity index (χ3n) is 5.41. The van der Waals surface area contributed by atoms with Crippen molar-refractivity contribution in [3.05, 3.63) is 35.9 Å². The quantitative estimate of drug-likeness (QED) is 0.419. The maximum atomic E-state index is 4.98. The Kier molecular flexibility index (Phi) is 8.49. The van der Waals surface area contributed by atoms with Crippen molar-refractivity contribution in [1.29, 1.82) is 0 Å². The summed E-state index contributed by atoms with van der Waals surface area (Å²) >= 11 is 0. The highest BCUT2D eigenvalue weighted by Gasteiger charge is 2.26. The van der Waals surface area contributed by atoms with E-state index in [4.69, 9.17) is 4.99 Å². The van der Waals surface area contributed by atoms with E-state index in [1.54, 1.807) is 0 Å². The molecule has 2 aliphatic heterocycles. The van der Waals surface area contributed by atoms with Crippen LogP contribution >= 0.6 is 24.0 Å². The Morgan fingerprint density at radius 1 is 1.12 bits per heavy atom. The molecule has 2 unspecified atom stereocenters. The molecular weight excluding hydrogens is 423 g/mol. The number of nitrogens with zero attached hydrogens (tertiary/aromatic N) is 3. The number of likely N-dealkylation sites (tertiary alicyclic amines) is 2. The van der Waals surface area contributed by atoms with Crippen LogP contribution in [-0.4, -0.2) is 61.6 Å². The van der Waals surface area contributed by atoms with Crippen LogP contribution in [0.3, 0.4) is 0 Å². The van der Waals surface area contributed by atoms with E-state index in [-0.39, 0.29) is 24.0 Å². The summed E-state index contributed by atoms with van der Waals surface area (Å²) in [7, 11) is 0. The fraction of sp³-hybridized carbons (Fsp3) is 0.650. The fourth-order valence-electron chi connectivity index (χ4n) is 3.94. The molecule has 5 heteroatoms. The van der Waals surface area contributed by atoms with Gasteiger partial charge in [0.15, 0.2) is 5.96 Å². The molecule has 2 aliphatic rings. The number of hydrogen-bond acceptors (Lipinski definition) is 2. The highest BCUT2D eigenvalue weighted by molar-refractivity contribution is 14.0. The van der Waals surface area contributed by atoms with Gasteiger partial charge in [0.05, 0.1) is 0 Å². The van der Waals surface area contributed by atoms with Crippen molar-refractivity contribution < 1.29 is 0 Å². The first-order valence-electron chi connectivity index (χ1n) is 9.60. The van der Waals surface area contributed by atoms with Crippen molar-refractivity contribution in [3.8, 4) is 0 Å². The molecule has 0 radical (unpaired) electrons. The summed E-state index contributed by atoms with van der Waals surface area (Å²) in [6.07, 6.45) is 2.52. The van der Waals surface area contributed by atoms with E-state index in [0.29, 0.717) is 5.92 Å². The molecule has 0 bridgehead atoms. The summed E-state index contributed by atoms with van der Waals surface area (Å²) in [5.41, 5.74) is 1.46. The lowest BCUT2D eigenvalue weighted by Gasteiger charge is -2.22. The van der Waals surface area contributed by atoms with E-state index >= 15 is 0 Å². The molecule has 2 saturated heterocycles. The van der Waals surface area contributed by atoms with Gasteiger partial charge in [0.25, 0.3) is 0 Å². The number of benzene rings is 1. The summed E-state index contributed by atoms with van der Waals surface area (Å²) in [4.78, 5) is 9.97. The summed E-state index contributed by atoms with van der Waals surface area (Å²) in [6, 6.07) is 10.9. The van der Waals surface area contributed by atoms with Crippen molar-refractivity contribution in [3.63, 3.8) is 0 Å². The molecule has 2 fully saturated rings. The van der Waals surface area contributed by atoms with Crippen LogP contribution in [0.15, 0.2) is 35.3 Å². The first-order chi connectivity index (χ1) is 11.8. The van der Waals surface area contributed by atoms with Crippen molar-refractivity contribution in [2.75, 3.05) is 45.8 Å². The number of aliphatic imine (C=N–C) groups is 1. The lowest BCUT2D eigenvalue weighted by Crippen LogP contribution is -2.40. The number of hydrogen-bond donors (Lipinski definition) is 1. The van der Waals surface area contributed by atoms with Gasteiger partial charge in [0.1, 0.15) is 0 Å². The van der Waals surface area contributed by atoms with Gasteiger partial charge in [-0.15, -0.1) is 24.0 Å². The van der Waals surface area contributed by atoms with E-state index < -0.39 is 0 Å². The zero-order valence-corrected chi connectivity index (χ0v) is 18.0. The van der Waals surface area contributed by atoms with Gasteiger partial charge >= 0.3 is 0 Å². The standard InChI is InChI=1S/C20H32N4.HI/c1-3-21-20(22-14-17-10-12-23(4-2)15-17)24-13-11-19(16-24)18-8-6-5-7-9-18;/h5-9,17,19H,3-4,10-16H2,1-2H3,(H,21,22);1H. The smallest absolute Gasteiger partial charge is 0.193 e. The molecule has 0 aliphatic carbocycles. The first-order valence-corrected chi connectivity index (χ1v) is 9.60. The summed E-state index contributed by atoms with van der Waals surface area (Å²) < 4.78 is 0. The summed E-state index contributed by atoms with van der Waals surface area (Å²) in [6.45, 7) is 12.1. The van der Waals surface area contributed by atoms with Crippen LogP contribution in [0.5, 0.6) is 0 Å². The van der Waals surface area contributed by atoms with Crippen molar-refractivity contribution in [2.24, 2.45) is 10.9 Å². The second kappa shape index (κ2) is 10.4. The molecule has 0 amide bonds. The van der Waals surface area contributed by atoms with Gasteiger partial charge in [-0.2, -0.15) is 0 Å². The normalized spacial score (nSPS) is 24.4. The van der Waals surface area contributed by atoms with E-state index in [1.807, 2.05) is 0 Å². The van der Waals surface area contributed by atoms with Crippen LogP contribution < -0.4 is 5.32 Å². The predicted molar refractivity (Wildman–Crippen MR) is 117 cm³/mol. The third kappa shape index (κ3) is 5.58. The Bertz CT molecular complexity index is 534. The summed E-state index contributed by atoms with van der Waals surface area (Å²) in [5, 5.41) is 3.51. The molecular formula is C20H33IN4. The van der Waals surface area contributed by atoms with E-state index in [1.165, 1.54) is 38.0 Å². The average molecular weight is 456 g/mol. The minimum absolute atomic E-state index is 0. The molecule has 0 spiro atoms. The molecule has 1 aromatic carbocycles. The minimum atomic E-state index is 0. The lowest BCUT2D eigenvalue weighted by molar-refractivity contribution is 0.343. The predicted octanol–water partition coefficient (Wildman–Crippen LogP) is 3.40. The molecule has 4 nitrogen and oxygen atoms in total. The number of halogens is 1. The van der Waals surface area contributed by atoms with Gasteiger partial charge < -0.3 is 15.1 Å². The van der Waals surface area contributed by atoms with Crippen molar-refractivity contribution in [1.82, 2.24) is 15.1 Å². The number of nitrogens with one attached hydrogen (secondary N) is 1. The SMILES string of the molecule is CCNC(=NCC1CCN(CC)C1)N1CCC(c2ccccc2)C1.I. The highest BCUT2D eigenvalue weighted by atomic mass is 127. The van der Waals surface area contributed by atoms with Gasteiger partial charge in [-0.25, -0.2) is 0 Å². The lowest BCUT2D eigenvalue weighted by atomic mass is 9.99. The largest absolute Gasteiger partial charge is 0.357 e. The molecule has 2 atom stereocenters. The Morgan fingerprint density at radius 2 is 1.92 bits per heavy atom. The zero-order valence-electron chi connectivity index (χ0n) is 15.7. The van der Waals surface area contributed by atoms with Crippen molar-refractivity contribution >= 4 is 29.9 Å². The zero-order chi connectivity index (χ0) is 16.8. The molecule has 1 aromatic rings. The Hall–Kier alpha value is -0.820. The van der Waals surface area contributed by atoms with Crippen LogP contribution in [-0.2, 0) is 0 Å².